The van der Waals surface area contributed by atoms with Gasteiger partial charge in [0.05, 0.1) is 36.0 Å². The van der Waals surface area contributed by atoms with Crippen LogP contribution in [0.25, 0.3) is 22.4 Å². The van der Waals surface area contributed by atoms with Crippen LogP contribution >= 0.6 is 11.8 Å². The Balaban J connectivity index is 1.78. The van der Waals surface area contributed by atoms with E-state index in [1.807, 2.05) is 60.7 Å². The Labute approximate surface area is 231 Å². The van der Waals surface area contributed by atoms with Gasteiger partial charge in [-0.1, -0.05) is 69.4 Å². The molecule has 0 aliphatic heterocycles. The van der Waals surface area contributed by atoms with E-state index in [0.29, 0.717) is 22.7 Å². The van der Waals surface area contributed by atoms with Crippen LogP contribution in [0, 0.1) is 11.3 Å². The SMILES string of the molecule is CCCCCCCCS(=O)(=O)CC(O)CSc1nc(-c2ccc(OC)cc2)cc(-c2ccccc2)c1C#N. The van der Waals surface area contributed by atoms with E-state index in [-0.39, 0.29) is 17.3 Å². The highest BCUT2D eigenvalue weighted by atomic mass is 32.2. The predicted molar refractivity (Wildman–Crippen MR) is 155 cm³/mol. The molecule has 38 heavy (non-hydrogen) atoms. The topological polar surface area (TPSA) is 100 Å². The molecule has 0 amide bonds. The van der Waals surface area contributed by atoms with Crippen LogP contribution in [-0.4, -0.2) is 49.0 Å². The van der Waals surface area contributed by atoms with Crippen molar-refractivity contribution < 1.29 is 18.3 Å². The third-order valence-electron chi connectivity index (χ3n) is 6.24. The lowest BCUT2D eigenvalue weighted by Gasteiger charge is -2.15. The van der Waals surface area contributed by atoms with E-state index in [1.54, 1.807) is 7.11 Å². The molecule has 1 heterocycles. The minimum atomic E-state index is -3.36. The summed E-state index contributed by atoms with van der Waals surface area (Å²) < 4.78 is 30.4. The van der Waals surface area contributed by atoms with E-state index < -0.39 is 15.9 Å². The largest absolute Gasteiger partial charge is 0.497 e. The molecule has 0 fully saturated rings. The van der Waals surface area contributed by atoms with Crippen molar-refractivity contribution in [3.8, 4) is 34.2 Å². The zero-order valence-corrected chi connectivity index (χ0v) is 23.7. The first-order valence-electron chi connectivity index (χ1n) is 13.0. The molecule has 0 bridgehead atoms. The van der Waals surface area contributed by atoms with E-state index in [2.05, 4.69) is 13.0 Å². The lowest BCUT2D eigenvalue weighted by molar-refractivity contribution is 0.222. The minimum Gasteiger partial charge on any atom is -0.497 e. The third-order valence-corrected chi connectivity index (χ3v) is 9.16. The number of sulfone groups is 1. The van der Waals surface area contributed by atoms with Crippen LogP contribution in [-0.2, 0) is 9.84 Å². The second-order valence-corrected chi connectivity index (χ2v) is 12.5. The fourth-order valence-electron chi connectivity index (χ4n) is 4.19. The van der Waals surface area contributed by atoms with Gasteiger partial charge in [-0.2, -0.15) is 5.26 Å². The Kier molecular flexibility index (Phi) is 11.7. The highest BCUT2D eigenvalue weighted by Gasteiger charge is 2.20. The first-order chi connectivity index (χ1) is 18.4. The summed E-state index contributed by atoms with van der Waals surface area (Å²) in [5, 5.41) is 21.1. The monoisotopic (exact) mass is 552 g/mol. The van der Waals surface area contributed by atoms with Gasteiger partial charge < -0.3 is 9.84 Å². The summed E-state index contributed by atoms with van der Waals surface area (Å²) in [5.41, 5.74) is 3.56. The number of hydrogen-bond acceptors (Lipinski definition) is 7. The van der Waals surface area contributed by atoms with Crippen LogP contribution in [0.15, 0.2) is 65.7 Å². The first-order valence-corrected chi connectivity index (χ1v) is 15.8. The average molecular weight is 553 g/mol. The molecule has 1 atom stereocenters. The zero-order chi connectivity index (χ0) is 27.4. The molecule has 1 unspecified atom stereocenters. The maximum absolute atomic E-state index is 12.5. The fraction of sp³-hybridized carbons (Fsp3) is 0.400. The van der Waals surface area contributed by atoms with Crippen LogP contribution < -0.4 is 4.74 Å². The number of nitrogens with zero attached hydrogens (tertiary/aromatic N) is 2. The van der Waals surface area contributed by atoms with Gasteiger partial charge in [0.2, 0.25) is 0 Å². The van der Waals surface area contributed by atoms with Gasteiger partial charge in [0.15, 0.2) is 9.84 Å². The maximum atomic E-state index is 12.5. The normalized spacial score (nSPS) is 12.2. The van der Waals surface area contributed by atoms with Crippen molar-refractivity contribution in [2.45, 2.75) is 56.6 Å². The maximum Gasteiger partial charge on any atom is 0.152 e. The molecule has 0 aliphatic carbocycles. The van der Waals surface area contributed by atoms with Crippen molar-refractivity contribution >= 4 is 21.6 Å². The molecule has 1 aromatic heterocycles. The number of hydrogen-bond donors (Lipinski definition) is 1. The van der Waals surface area contributed by atoms with Gasteiger partial charge in [-0.05, 0) is 42.3 Å². The molecule has 0 saturated carbocycles. The molecular weight excluding hydrogens is 516 g/mol. The van der Waals surface area contributed by atoms with Crippen molar-refractivity contribution in [1.29, 1.82) is 5.26 Å². The molecule has 6 nitrogen and oxygen atoms in total. The Bertz CT molecular complexity index is 1300. The number of ether oxygens (including phenoxy) is 1. The number of pyridine rings is 1. The Morgan fingerprint density at radius 3 is 2.34 bits per heavy atom. The van der Waals surface area contributed by atoms with Gasteiger partial charge in [0.25, 0.3) is 0 Å². The Hall–Kier alpha value is -2.86. The van der Waals surface area contributed by atoms with E-state index in [4.69, 9.17) is 9.72 Å². The molecule has 202 valence electrons. The number of unbranched alkanes of at least 4 members (excludes halogenated alkanes) is 5. The smallest absolute Gasteiger partial charge is 0.152 e. The number of aromatic nitrogens is 1. The van der Waals surface area contributed by atoms with Crippen LogP contribution in [0.3, 0.4) is 0 Å². The van der Waals surface area contributed by atoms with Crippen molar-refractivity contribution in [2.24, 2.45) is 0 Å². The quantitative estimate of drug-likeness (QED) is 0.169. The minimum absolute atomic E-state index is 0.0909. The Morgan fingerprint density at radius 1 is 1.00 bits per heavy atom. The number of benzene rings is 2. The highest BCUT2D eigenvalue weighted by Crippen LogP contribution is 2.35. The molecule has 0 spiro atoms. The summed E-state index contributed by atoms with van der Waals surface area (Å²) in [6.07, 6.45) is 4.95. The van der Waals surface area contributed by atoms with Gasteiger partial charge in [-0.3, -0.25) is 0 Å². The van der Waals surface area contributed by atoms with Crippen LogP contribution in [0.2, 0.25) is 0 Å². The first kappa shape index (κ1) is 29.7. The molecule has 3 rings (SSSR count). The van der Waals surface area contributed by atoms with Crippen LogP contribution in [0.1, 0.15) is 51.0 Å². The summed E-state index contributed by atoms with van der Waals surface area (Å²) in [7, 11) is -1.76. The number of methoxy groups -OCH3 is 1. The van der Waals surface area contributed by atoms with Gasteiger partial charge in [-0.25, -0.2) is 13.4 Å². The second kappa shape index (κ2) is 14.9. The van der Waals surface area contributed by atoms with Gasteiger partial charge in [0.1, 0.15) is 16.8 Å². The molecule has 1 N–H and O–H groups in total. The number of aliphatic hydroxyl groups is 1. The second-order valence-electron chi connectivity index (χ2n) is 9.29. The van der Waals surface area contributed by atoms with Crippen molar-refractivity contribution in [1.82, 2.24) is 4.98 Å². The molecule has 0 saturated heterocycles. The predicted octanol–water partition coefficient (Wildman–Crippen LogP) is 6.52. The van der Waals surface area contributed by atoms with Crippen molar-refractivity contribution in [2.75, 3.05) is 24.4 Å². The van der Waals surface area contributed by atoms with Gasteiger partial charge >= 0.3 is 0 Å². The summed E-state index contributed by atoms with van der Waals surface area (Å²) in [6, 6.07) is 21.3. The van der Waals surface area contributed by atoms with E-state index in [1.165, 1.54) is 18.2 Å². The molecular formula is C30H36N2O4S2. The van der Waals surface area contributed by atoms with Gasteiger partial charge in [0, 0.05) is 16.9 Å². The standard InChI is InChI=1S/C30H36N2O4S2/c1-3-4-5-6-7-11-18-38(34,35)22-25(33)21-37-30-28(20-31)27(23-12-9-8-10-13-23)19-29(32-30)24-14-16-26(36-2)17-15-24/h8-10,12-17,19,25,33H,3-7,11,18,21-22H2,1-2H3. The number of aliphatic hydroxyl groups excluding tert-OH is 1. The number of nitriles is 1. The summed E-state index contributed by atoms with van der Waals surface area (Å²) in [6.45, 7) is 2.15. The van der Waals surface area contributed by atoms with Gasteiger partial charge in [-0.15, -0.1) is 11.8 Å². The van der Waals surface area contributed by atoms with Crippen molar-refractivity contribution in [3.63, 3.8) is 0 Å². The summed E-state index contributed by atoms with van der Waals surface area (Å²) in [5.74, 6) is 0.650. The zero-order valence-electron chi connectivity index (χ0n) is 22.1. The molecule has 3 aromatic rings. The van der Waals surface area contributed by atoms with E-state index in [0.717, 1.165) is 48.1 Å². The van der Waals surface area contributed by atoms with E-state index in [9.17, 15) is 18.8 Å². The van der Waals surface area contributed by atoms with Crippen LogP contribution in [0.4, 0.5) is 0 Å². The highest BCUT2D eigenvalue weighted by molar-refractivity contribution is 7.99. The Morgan fingerprint density at radius 2 is 1.68 bits per heavy atom. The molecule has 8 heteroatoms. The lowest BCUT2D eigenvalue weighted by atomic mass is 9.99. The fourth-order valence-corrected chi connectivity index (χ4v) is 6.79. The molecule has 0 radical (unpaired) electrons. The molecule has 2 aromatic carbocycles. The van der Waals surface area contributed by atoms with E-state index >= 15 is 0 Å². The third kappa shape index (κ3) is 8.87. The lowest BCUT2D eigenvalue weighted by Crippen LogP contribution is -2.25. The number of thioether (sulfide) groups is 1. The number of rotatable bonds is 15. The van der Waals surface area contributed by atoms with Crippen LogP contribution in [0.5, 0.6) is 5.75 Å². The summed E-state index contributed by atoms with van der Waals surface area (Å²) >= 11 is 1.21. The summed E-state index contributed by atoms with van der Waals surface area (Å²) in [4.78, 5) is 4.75. The average Bonchev–Trinajstić information content (AvgIpc) is 2.93. The molecule has 0 aliphatic rings. The van der Waals surface area contributed by atoms with Crippen molar-refractivity contribution in [3.05, 3.63) is 66.2 Å².